The molecule has 2 aliphatic rings. The van der Waals surface area contributed by atoms with Crippen LogP contribution in [0.1, 0.15) is 52.4 Å². The highest BCUT2D eigenvalue weighted by Gasteiger charge is 2.30. The van der Waals surface area contributed by atoms with Gasteiger partial charge in [-0.2, -0.15) is 0 Å². The van der Waals surface area contributed by atoms with Gasteiger partial charge >= 0.3 is 0 Å². The fourth-order valence-electron chi connectivity index (χ4n) is 3.10. The molecule has 0 atom stereocenters. The maximum atomic E-state index is 9.26. The van der Waals surface area contributed by atoms with E-state index < -0.39 is 0 Å². The van der Waals surface area contributed by atoms with Crippen molar-refractivity contribution in [2.24, 2.45) is 5.41 Å². The third-order valence-corrected chi connectivity index (χ3v) is 4.31. The first-order chi connectivity index (χ1) is 8.61. The molecular weight excluding hydrogens is 224 g/mol. The standard InChI is InChI=1S/C15H30N2O/c1-15(2,11-16-13-7-8-13)12-17(9-10-18)14-5-3-4-6-14/h13-14,16,18H,3-12H2,1-2H3. The molecule has 0 bridgehead atoms. The topological polar surface area (TPSA) is 35.5 Å². The van der Waals surface area contributed by atoms with Crippen LogP contribution in [0.4, 0.5) is 0 Å². The largest absolute Gasteiger partial charge is 0.395 e. The minimum absolute atomic E-state index is 0.294. The summed E-state index contributed by atoms with van der Waals surface area (Å²) in [6.07, 6.45) is 8.11. The lowest BCUT2D eigenvalue weighted by Crippen LogP contribution is -2.45. The average Bonchev–Trinajstić information content (AvgIpc) is 2.99. The van der Waals surface area contributed by atoms with E-state index in [1.54, 1.807) is 0 Å². The lowest BCUT2D eigenvalue weighted by molar-refractivity contribution is 0.103. The molecule has 2 fully saturated rings. The van der Waals surface area contributed by atoms with E-state index in [0.29, 0.717) is 12.0 Å². The van der Waals surface area contributed by atoms with Crippen LogP contribution >= 0.6 is 0 Å². The molecule has 0 aromatic carbocycles. The van der Waals surface area contributed by atoms with Crippen molar-refractivity contribution >= 4 is 0 Å². The molecule has 0 saturated heterocycles. The van der Waals surface area contributed by atoms with Crippen molar-refractivity contribution < 1.29 is 5.11 Å². The zero-order valence-electron chi connectivity index (χ0n) is 12.1. The molecule has 3 heteroatoms. The quantitative estimate of drug-likeness (QED) is 0.695. The van der Waals surface area contributed by atoms with Crippen LogP contribution in [-0.2, 0) is 0 Å². The lowest BCUT2D eigenvalue weighted by atomic mass is 9.91. The van der Waals surface area contributed by atoms with Crippen molar-refractivity contribution in [3.63, 3.8) is 0 Å². The van der Waals surface area contributed by atoms with Gasteiger partial charge in [-0.25, -0.2) is 0 Å². The Hall–Kier alpha value is -0.120. The molecule has 0 aromatic heterocycles. The number of nitrogens with zero attached hydrogens (tertiary/aromatic N) is 1. The van der Waals surface area contributed by atoms with Crippen molar-refractivity contribution in [3.8, 4) is 0 Å². The van der Waals surface area contributed by atoms with Crippen LogP contribution in [0.25, 0.3) is 0 Å². The molecule has 0 aliphatic heterocycles. The van der Waals surface area contributed by atoms with Crippen LogP contribution in [0.2, 0.25) is 0 Å². The highest BCUT2D eigenvalue weighted by Crippen LogP contribution is 2.27. The molecule has 2 rings (SSSR count). The average molecular weight is 254 g/mol. The van der Waals surface area contributed by atoms with Gasteiger partial charge in [0.2, 0.25) is 0 Å². The van der Waals surface area contributed by atoms with Gasteiger partial charge in [0.25, 0.3) is 0 Å². The molecule has 3 nitrogen and oxygen atoms in total. The molecule has 2 saturated carbocycles. The molecule has 0 spiro atoms. The minimum Gasteiger partial charge on any atom is -0.395 e. The minimum atomic E-state index is 0.294. The Morgan fingerprint density at radius 3 is 2.39 bits per heavy atom. The Kier molecular flexibility index (Phi) is 5.05. The van der Waals surface area contributed by atoms with Crippen LogP contribution < -0.4 is 5.32 Å². The van der Waals surface area contributed by atoms with Gasteiger partial charge in [-0.05, 0) is 31.1 Å². The van der Waals surface area contributed by atoms with Gasteiger partial charge in [0.15, 0.2) is 0 Å². The predicted octanol–water partition coefficient (Wildman–Crippen LogP) is 2.00. The highest BCUT2D eigenvalue weighted by atomic mass is 16.3. The van der Waals surface area contributed by atoms with Gasteiger partial charge in [0.05, 0.1) is 6.61 Å². The summed E-state index contributed by atoms with van der Waals surface area (Å²) in [7, 11) is 0. The Bertz CT molecular complexity index is 245. The van der Waals surface area contributed by atoms with Crippen LogP contribution in [0.5, 0.6) is 0 Å². The number of rotatable bonds is 8. The van der Waals surface area contributed by atoms with Crippen LogP contribution in [0.3, 0.4) is 0 Å². The Labute approximate surface area is 112 Å². The smallest absolute Gasteiger partial charge is 0.0558 e. The second kappa shape index (κ2) is 6.36. The molecule has 18 heavy (non-hydrogen) atoms. The van der Waals surface area contributed by atoms with Gasteiger partial charge in [-0.1, -0.05) is 26.7 Å². The maximum absolute atomic E-state index is 9.26. The van der Waals surface area contributed by atoms with Crippen molar-refractivity contribution in [1.29, 1.82) is 0 Å². The van der Waals surface area contributed by atoms with E-state index in [4.69, 9.17) is 0 Å². The molecule has 106 valence electrons. The number of aliphatic hydroxyl groups is 1. The summed E-state index contributed by atoms with van der Waals surface area (Å²) < 4.78 is 0. The number of aliphatic hydroxyl groups excluding tert-OH is 1. The third-order valence-electron chi connectivity index (χ3n) is 4.31. The van der Waals surface area contributed by atoms with Gasteiger partial charge in [-0.15, -0.1) is 0 Å². The molecule has 0 aromatic rings. The first kappa shape index (κ1) is 14.3. The van der Waals surface area contributed by atoms with E-state index in [-0.39, 0.29) is 0 Å². The van der Waals surface area contributed by atoms with Crippen molar-refractivity contribution in [2.75, 3.05) is 26.2 Å². The monoisotopic (exact) mass is 254 g/mol. The maximum Gasteiger partial charge on any atom is 0.0558 e. The van der Waals surface area contributed by atoms with Gasteiger partial charge in [0.1, 0.15) is 0 Å². The van der Waals surface area contributed by atoms with E-state index in [9.17, 15) is 5.11 Å². The van der Waals surface area contributed by atoms with Crippen LogP contribution in [0.15, 0.2) is 0 Å². The van der Waals surface area contributed by atoms with E-state index in [1.807, 2.05) is 0 Å². The third kappa shape index (κ3) is 4.52. The van der Waals surface area contributed by atoms with E-state index in [2.05, 4.69) is 24.1 Å². The number of hydrogen-bond donors (Lipinski definition) is 2. The van der Waals surface area contributed by atoms with E-state index in [1.165, 1.54) is 38.5 Å². The van der Waals surface area contributed by atoms with E-state index >= 15 is 0 Å². The zero-order chi connectivity index (χ0) is 13.0. The molecule has 2 N–H and O–H groups in total. The fraction of sp³-hybridized carbons (Fsp3) is 1.00. The second-order valence-electron chi connectivity index (χ2n) is 6.95. The SMILES string of the molecule is CC(C)(CNC1CC1)CN(CCO)C1CCCC1. The second-order valence-corrected chi connectivity index (χ2v) is 6.95. The molecular formula is C15H30N2O. The summed E-state index contributed by atoms with van der Waals surface area (Å²) in [4.78, 5) is 2.53. The van der Waals surface area contributed by atoms with Gasteiger partial charge in [-0.3, -0.25) is 4.90 Å². The fourth-order valence-corrected chi connectivity index (χ4v) is 3.10. The first-order valence-electron chi connectivity index (χ1n) is 7.69. The summed E-state index contributed by atoms with van der Waals surface area (Å²) in [5.41, 5.74) is 0.306. The van der Waals surface area contributed by atoms with Gasteiger partial charge < -0.3 is 10.4 Å². The Balaban J connectivity index is 1.80. The van der Waals surface area contributed by atoms with Gasteiger partial charge in [0, 0.05) is 31.7 Å². The molecule has 0 unspecified atom stereocenters. The Morgan fingerprint density at radius 2 is 1.83 bits per heavy atom. The van der Waals surface area contributed by atoms with E-state index in [0.717, 1.165) is 31.7 Å². The predicted molar refractivity (Wildman–Crippen MR) is 75.7 cm³/mol. The van der Waals surface area contributed by atoms with Crippen molar-refractivity contribution in [3.05, 3.63) is 0 Å². The lowest BCUT2D eigenvalue weighted by Gasteiger charge is -2.36. The van der Waals surface area contributed by atoms with Crippen LogP contribution in [-0.4, -0.2) is 48.3 Å². The molecule has 0 radical (unpaired) electrons. The summed E-state index contributed by atoms with van der Waals surface area (Å²) in [5, 5.41) is 12.9. The zero-order valence-corrected chi connectivity index (χ0v) is 12.1. The normalized spacial score (nSPS) is 22.0. The summed E-state index contributed by atoms with van der Waals surface area (Å²) in [5.74, 6) is 0. The molecule has 0 heterocycles. The first-order valence-corrected chi connectivity index (χ1v) is 7.69. The highest BCUT2D eigenvalue weighted by molar-refractivity contribution is 4.87. The van der Waals surface area contributed by atoms with Crippen molar-refractivity contribution in [1.82, 2.24) is 10.2 Å². The van der Waals surface area contributed by atoms with Crippen LogP contribution in [0, 0.1) is 5.41 Å². The Morgan fingerprint density at radius 1 is 1.17 bits per heavy atom. The molecule has 2 aliphatic carbocycles. The number of hydrogen-bond acceptors (Lipinski definition) is 3. The molecule has 0 amide bonds. The number of nitrogens with one attached hydrogen (secondary N) is 1. The van der Waals surface area contributed by atoms with Crippen molar-refractivity contribution in [2.45, 2.75) is 64.5 Å². The summed E-state index contributed by atoms with van der Waals surface area (Å²) >= 11 is 0. The summed E-state index contributed by atoms with van der Waals surface area (Å²) in [6.45, 7) is 8.05. The summed E-state index contributed by atoms with van der Waals surface area (Å²) in [6, 6.07) is 1.51.